The number of carbonyl (C=O) groups is 1. The normalized spacial score (nSPS) is 52.2. The van der Waals surface area contributed by atoms with Gasteiger partial charge in [0.25, 0.3) is 0 Å². The van der Waals surface area contributed by atoms with Crippen LogP contribution in [0.15, 0.2) is 24.3 Å². The summed E-state index contributed by atoms with van der Waals surface area (Å²) in [4.78, 5) is 14.0. The first kappa shape index (κ1) is 35.9. The third kappa shape index (κ3) is 6.45. The zero-order chi connectivity index (χ0) is 35.9. The fourth-order valence-electron chi connectivity index (χ4n) is 11.2. The van der Waals surface area contributed by atoms with Gasteiger partial charge in [-0.3, -0.25) is 4.79 Å². The van der Waals surface area contributed by atoms with Gasteiger partial charge in [-0.25, -0.2) is 0 Å². The van der Waals surface area contributed by atoms with Crippen LogP contribution in [0.4, 0.5) is 0 Å². The molecule has 12 bridgehead atoms. The number of aliphatic hydroxyl groups excluding tert-OH is 1. The van der Waals surface area contributed by atoms with E-state index in [1.165, 1.54) is 0 Å². The number of hydrogen-bond donors (Lipinski definition) is 1. The largest absolute Gasteiger partial charge is 0.378 e. The molecule has 1 N–H and O–H groups in total. The SMILES string of the molecule is C=C1C[C@@H]2CC[C@@]34CC5O[C@H]6C(O3)[C@H]3O[C@H](CCC3O[C@H]6[C@H]5O4)CC(=O)CC3C(C[C@H]4O[C@@H](CCC1O2)CC(C)C4=C)O[C@H](CC(O)C#N)[C@@H]3OC. The molecule has 10 heterocycles. The molecular formula is C40H55NO11. The van der Waals surface area contributed by atoms with Crippen molar-refractivity contribution in [2.24, 2.45) is 11.8 Å². The monoisotopic (exact) mass is 725 g/mol. The number of ketones is 1. The van der Waals surface area contributed by atoms with E-state index in [9.17, 15) is 15.2 Å². The van der Waals surface area contributed by atoms with Crippen molar-refractivity contribution < 1.29 is 52.5 Å². The highest BCUT2D eigenvalue weighted by molar-refractivity contribution is 5.79. The molecule has 10 saturated heterocycles. The molecule has 10 fully saturated rings. The second-order valence-corrected chi connectivity index (χ2v) is 17.2. The van der Waals surface area contributed by atoms with Crippen LogP contribution in [-0.4, -0.2) is 121 Å². The predicted molar refractivity (Wildman–Crippen MR) is 183 cm³/mol. The van der Waals surface area contributed by atoms with Crippen LogP contribution in [-0.2, 0) is 47.4 Å². The van der Waals surface area contributed by atoms with Gasteiger partial charge in [0.1, 0.15) is 42.4 Å². The van der Waals surface area contributed by atoms with Crippen LogP contribution in [0.2, 0.25) is 0 Å². The number of Topliss-reactive ketones (excluding diaryl/α,β-unsaturated/α-hetero) is 1. The molecule has 1 spiro atoms. The van der Waals surface area contributed by atoms with Gasteiger partial charge in [0, 0.05) is 51.6 Å². The molecule has 0 radical (unpaired) electrons. The van der Waals surface area contributed by atoms with Crippen LogP contribution in [0.3, 0.4) is 0 Å². The number of nitriles is 1. The van der Waals surface area contributed by atoms with E-state index in [-0.39, 0.29) is 116 Å². The molecule has 0 aromatic carbocycles. The Hall–Kier alpha value is -1.76. The van der Waals surface area contributed by atoms with Crippen LogP contribution in [0.1, 0.15) is 90.4 Å². The van der Waals surface area contributed by atoms with Gasteiger partial charge in [-0.2, -0.15) is 5.26 Å². The van der Waals surface area contributed by atoms with E-state index in [1.54, 1.807) is 7.11 Å². The zero-order valence-electron chi connectivity index (χ0n) is 30.5. The molecule has 0 amide bonds. The third-order valence-electron chi connectivity index (χ3n) is 13.8. The van der Waals surface area contributed by atoms with E-state index in [0.29, 0.717) is 25.7 Å². The number of fused-ring (bicyclic) bond motifs is 6. The first-order chi connectivity index (χ1) is 25.1. The second-order valence-electron chi connectivity index (χ2n) is 17.2. The summed E-state index contributed by atoms with van der Waals surface area (Å²) in [5.41, 5.74) is 2.15. The summed E-state index contributed by atoms with van der Waals surface area (Å²) >= 11 is 0. The lowest BCUT2D eigenvalue weighted by Crippen LogP contribution is -2.61. The van der Waals surface area contributed by atoms with Gasteiger partial charge in [-0.05, 0) is 62.0 Å². The minimum atomic E-state index is -1.20. The molecule has 0 saturated carbocycles. The number of nitrogens with zero attached hydrogens (tertiary/aromatic N) is 1. The summed E-state index contributed by atoms with van der Waals surface area (Å²) in [7, 11) is 1.61. The Morgan fingerprint density at radius 3 is 2.40 bits per heavy atom. The van der Waals surface area contributed by atoms with Crippen LogP contribution in [0, 0.1) is 23.2 Å². The van der Waals surface area contributed by atoms with Crippen LogP contribution in [0.5, 0.6) is 0 Å². The fraction of sp³-hybridized carbons (Fsp3) is 0.850. The lowest BCUT2D eigenvalue weighted by molar-refractivity contribution is -0.292. The number of ether oxygens (including phenoxy) is 9. The fourth-order valence-corrected chi connectivity index (χ4v) is 11.2. The topological polar surface area (TPSA) is 144 Å². The van der Waals surface area contributed by atoms with E-state index in [1.807, 2.05) is 6.07 Å². The van der Waals surface area contributed by atoms with E-state index in [4.69, 9.17) is 42.6 Å². The molecule has 0 aromatic rings. The molecule has 8 unspecified atom stereocenters. The molecule has 12 nitrogen and oxygen atoms in total. The Labute approximate surface area is 306 Å². The van der Waals surface area contributed by atoms with Gasteiger partial charge in [0.15, 0.2) is 5.79 Å². The van der Waals surface area contributed by atoms with Crippen molar-refractivity contribution in [3.63, 3.8) is 0 Å². The Morgan fingerprint density at radius 1 is 0.827 bits per heavy atom. The van der Waals surface area contributed by atoms with Gasteiger partial charge in [-0.1, -0.05) is 20.1 Å². The molecule has 12 heteroatoms. The van der Waals surface area contributed by atoms with Gasteiger partial charge < -0.3 is 47.7 Å². The first-order valence-corrected chi connectivity index (χ1v) is 19.9. The zero-order valence-corrected chi connectivity index (χ0v) is 30.5. The lowest BCUT2D eigenvalue weighted by atomic mass is 9.81. The predicted octanol–water partition coefficient (Wildman–Crippen LogP) is 4.00. The summed E-state index contributed by atoms with van der Waals surface area (Å²) in [6, 6.07) is 1.91. The highest BCUT2D eigenvalue weighted by Gasteiger charge is 2.68. The standard InChI is InChI=1S/C40H55NO11/c1-19-11-24-5-7-28-20(2)12-26(45-28)9-10-40-17-33-36(51-40)37-38(50-33)39(52-40)35-29(49-37)8-6-25(47-35)13-22(42)14-27-31(16-30(46-24)21(19)3)48-32(34(27)44-4)15-23(43)18-41/h19,23-39,43H,2-3,5-17H2,1,4H3/t19?,23?,24-,25+,26-,27?,28?,29?,30+,31?,32+,33?,34+,35-,36-,37-,38+,39?,40-/m0/s1. The quantitative estimate of drug-likeness (QED) is 0.332. The van der Waals surface area contributed by atoms with Crippen LogP contribution < -0.4 is 0 Å². The molecular weight excluding hydrogens is 670 g/mol. The lowest BCUT2D eigenvalue weighted by Gasteiger charge is -2.47. The van der Waals surface area contributed by atoms with Crippen molar-refractivity contribution in [1.82, 2.24) is 0 Å². The Bertz CT molecular complexity index is 1450. The molecule has 19 atom stereocenters. The molecule has 0 aliphatic carbocycles. The third-order valence-corrected chi connectivity index (χ3v) is 13.8. The van der Waals surface area contributed by atoms with Crippen molar-refractivity contribution in [2.45, 2.75) is 194 Å². The molecule has 0 aromatic heterocycles. The van der Waals surface area contributed by atoms with Crippen molar-refractivity contribution in [2.75, 3.05) is 7.11 Å². The van der Waals surface area contributed by atoms with Crippen LogP contribution >= 0.6 is 0 Å². The molecule has 10 aliphatic rings. The number of aliphatic hydroxyl groups is 1. The molecule has 52 heavy (non-hydrogen) atoms. The molecule has 10 aliphatic heterocycles. The van der Waals surface area contributed by atoms with Crippen molar-refractivity contribution in [3.8, 4) is 6.07 Å². The van der Waals surface area contributed by atoms with E-state index in [0.717, 1.165) is 49.7 Å². The minimum absolute atomic E-state index is 0.0186. The smallest absolute Gasteiger partial charge is 0.172 e. The van der Waals surface area contributed by atoms with Gasteiger partial charge in [0.05, 0.1) is 67.1 Å². The van der Waals surface area contributed by atoms with E-state index in [2.05, 4.69) is 20.1 Å². The van der Waals surface area contributed by atoms with Gasteiger partial charge in [-0.15, -0.1) is 0 Å². The van der Waals surface area contributed by atoms with Crippen LogP contribution in [0.25, 0.3) is 0 Å². The minimum Gasteiger partial charge on any atom is -0.378 e. The number of methoxy groups -OCH3 is 1. The summed E-state index contributed by atoms with van der Waals surface area (Å²) in [6.07, 6.45) is 3.33. The maximum atomic E-state index is 14.0. The van der Waals surface area contributed by atoms with Crippen molar-refractivity contribution >= 4 is 5.78 Å². The summed E-state index contributed by atoms with van der Waals surface area (Å²) < 4.78 is 59.7. The Kier molecular flexibility index (Phi) is 9.72. The number of carbonyl (C=O) groups excluding carboxylic acids is 1. The molecule has 286 valence electrons. The maximum absolute atomic E-state index is 14.0. The highest BCUT2D eigenvalue weighted by atomic mass is 16.8. The van der Waals surface area contributed by atoms with Crippen molar-refractivity contribution in [1.29, 1.82) is 5.26 Å². The average Bonchev–Trinajstić information content (AvgIpc) is 3.79. The average molecular weight is 726 g/mol. The summed E-state index contributed by atoms with van der Waals surface area (Å²) in [6.45, 7) is 11.1. The number of hydrogen-bond acceptors (Lipinski definition) is 12. The van der Waals surface area contributed by atoms with Gasteiger partial charge in [0.2, 0.25) is 0 Å². The number of rotatable bonds is 3. The van der Waals surface area contributed by atoms with E-state index >= 15 is 0 Å². The Morgan fingerprint density at radius 2 is 1.58 bits per heavy atom. The second kappa shape index (κ2) is 14.1. The van der Waals surface area contributed by atoms with Gasteiger partial charge >= 0.3 is 0 Å². The summed E-state index contributed by atoms with van der Waals surface area (Å²) in [5.74, 6) is -0.767. The maximum Gasteiger partial charge on any atom is 0.172 e. The first-order valence-electron chi connectivity index (χ1n) is 19.9. The van der Waals surface area contributed by atoms with E-state index < -0.39 is 24.1 Å². The molecule has 10 rings (SSSR count). The summed E-state index contributed by atoms with van der Waals surface area (Å²) in [5, 5.41) is 19.7. The Balaban J connectivity index is 0.996. The highest BCUT2D eigenvalue weighted by Crippen LogP contribution is 2.54. The van der Waals surface area contributed by atoms with Crippen molar-refractivity contribution in [3.05, 3.63) is 24.3 Å².